The van der Waals surface area contributed by atoms with Gasteiger partial charge in [-0.2, -0.15) is 0 Å². The molecule has 85 heavy (non-hydrogen) atoms. The Kier molecular flexibility index (Phi) is 65.3. The number of likely N-dealkylation sites (N-methyl/N-ethyl adjacent to an activating group) is 1. The van der Waals surface area contributed by atoms with E-state index in [-0.39, 0.29) is 25.6 Å². The van der Waals surface area contributed by atoms with Gasteiger partial charge in [-0.05, 0) is 51.4 Å². The molecule has 0 aromatic heterocycles. The average Bonchev–Trinajstić information content (AvgIpc) is 3.54. The Morgan fingerprint density at radius 1 is 0.365 bits per heavy atom. The van der Waals surface area contributed by atoms with Gasteiger partial charge < -0.3 is 18.9 Å². The Hall–Kier alpha value is -1.77. The predicted octanol–water partition coefficient (Wildman–Crippen LogP) is 24.2. The van der Waals surface area contributed by atoms with E-state index in [1.165, 1.54) is 295 Å². The Morgan fingerprint density at radius 2 is 0.635 bits per heavy atom. The molecule has 0 saturated heterocycles. The molecule has 0 aliphatic carbocycles. The molecule has 0 fully saturated rings. The predicted molar refractivity (Wildman–Crippen MR) is 367 cm³/mol. The third kappa shape index (κ3) is 71.2. The Bertz CT molecular complexity index is 1530. The van der Waals surface area contributed by atoms with Crippen molar-refractivity contribution in [3.8, 4) is 0 Å². The molecular formula is C75H145NO8P+. The first-order chi connectivity index (χ1) is 41.5. The van der Waals surface area contributed by atoms with Crippen LogP contribution < -0.4 is 0 Å². The first-order valence-electron chi connectivity index (χ1n) is 37.2. The van der Waals surface area contributed by atoms with E-state index in [1.54, 1.807) is 0 Å². The maximum atomic E-state index is 12.9. The summed E-state index contributed by atoms with van der Waals surface area (Å²) in [6.45, 7) is 4.49. The molecule has 10 heteroatoms. The molecule has 502 valence electrons. The van der Waals surface area contributed by atoms with Crippen LogP contribution in [0.5, 0.6) is 0 Å². The molecule has 0 heterocycles. The highest BCUT2D eigenvalue weighted by Crippen LogP contribution is 2.43. The number of quaternary nitrogens is 1. The minimum atomic E-state index is -4.39. The molecule has 0 rings (SSSR count). The summed E-state index contributed by atoms with van der Waals surface area (Å²) in [5.41, 5.74) is 0. The minimum absolute atomic E-state index is 0.0326. The second kappa shape index (κ2) is 66.6. The van der Waals surface area contributed by atoms with Gasteiger partial charge in [-0.1, -0.05) is 352 Å². The zero-order valence-corrected chi connectivity index (χ0v) is 58.3. The molecule has 9 nitrogen and oxygen atoms in total. The molecule has 1 N–H and O–H groups in total. The molecule has 0 radical (unpaired) electrons. The van der Waals surface area contributed by atoms with E-state index < -0.39 is 26.5 Å². The lowest BCUT2D eigenvalue weighted by atomic mass is 10.0. The van der Waals surface area contributed by atoms with Crippen LogP contribution in [0, 0.1) is 0 Å². The summed E-state index contributed by atoms with van der Waals surface area (Å²) >= 11 is 0. The number of hydrogen-bond acceptors (Lipinski definition) is 7. The normalized spacial score (nSPS) is 13.2. The van der Waals surface area contributed by atoms with Crippen LogP contribution in [0.3, 0.4) is 0 Å². The standard InChI is InChI=1S/C75H144NO8P/c1-6-8-10-12-14-16-18-20-22-24-26-28-30-32-33-34-35-36-37-38-39-40-41-42-44-45-47-49-51-53-55-57-59-61-63-65-67-74(77)81-71-73(72-83-85(79,80)82-70-69-76(3,4)5)84-75(78)68-66-64-62-60-58-56-54-52-50-48-46-43-31-29-27-25-23-21-19-17-15-13-11-9-7-2/h19,21,25,27,31,43,73H,6-18,20,22-24,26,28-30,32-42,44-72H2,1-5H3/p+1/b21-19-,27-25-,43-31-. The number of unbranched alkanes of at least 4 members (excludes halogenated alkanes) is 50. The molecule has 0 aromatic rings. The van der Waals surface area contributed by atoms with E-state index in [2.05, 4.69) is 50.3 Å². The second-order valence-corrected chi connectivity index (χ2v) is 28.1. The maximum Gasteiger partial charge on any atom is 0.472 e. The Balaban J connectivity index is 3.94. The largest absolute Gasteiger partial charge is 0.472 e. The number of carbonyl (C=O) groups is 2. The van der Waals surface area contributed by atoms with Gasteiger partial charge >= 0.3 is 19.8 Å². The number of allylic oxidation sites excluding steroid dienone is 6. The third-order valence-corrected chi connectivity index (χ3v) is 17.9. The first-order valence-corrected chi connectivity index (χ1v) is 38.7. The molecule has 0 aromatic carbocycles. The number of nitrogens with zero attached hydrogens (tertiary/aromatic N) is 1. The summed E-state index contributed by atoms with van der Waals surface area (Å²) < 4.78 is 34.8. The smallest absolute Gasteiger partial charge is 0.462 e. The maximum absolute atomic E-state index is 12.9. The Morgan fingerprint density at radius 3 is 0.941 bits per heavy atom. The number of phosphoric acid groups is 1. The van der Waals surface area contributed by atoms with Gasteiger partial charge in [-0.25, -0.2) is 4.57 Å². The lowest BCUT2D eigenvalue weighted by Crippen LogP contribution is -2.37. The molecule has 0 bridgehead atoms. The highest BCUT2D eigenvalue weighted by molar-refractivity contribution is 7.47. The van der Waals surface area contributed by atoms with Crippen LogP contribution in [0.2, 0.25) is 0 Å². The van der Waals surface area contributed by atoms with Gasteiger partial charge in [0.1, 0.15) is 19.8 Å². The lowest BCUT2D eigenvalue weighted by molar-refractivity contribution is -0.870. The molecule has 0 aliphatic rings. The van der Waals surface area contributed by atoms with Gasteiger partial charge in [0.2, 0.25) is 0 Å². The van der Waals surface area contributed by atoms with Crippen molar-refractivity contribution in [1.29, 1.82) is 0 Å². The topological polar surface area (TPSA) is 108 Å². The quantitative estimate of drug-likeness (QED) is 0.0211. The number of phosphoric ester groups is 1. The lowest BCUT2D eigenvalue weighted by Gasteiger charge is -2.24. The third-order valence-electron chi connectivity index (χ3n) is 16.9. The zero-order valence-electron chi connectivity index (χ0n) is 57.4. The van der Waals surface area contributed by atoms with E-state index in [9.17, 15) is 19.0 Å². The SMILES string of the molecule is CCCCCCC/C=C\C/C=C\C/C=C\CCCCCCCCCCCCC(=O)OC(COC(=O)CCCCCCCCCCCCCCCCCCCCCCCCCCCCCCCCCCCCCC)COP(=O)(O)OCC[N+](C)(C)C. The van der Waals surface area contributed by atoms with E-state index >= 15 is 0 Å². The van der Waals surface area contributed by atoms with Gasteiger partial charge in [0.25, 0.3) is 0 Å². The number of rotatable bonds is 70. The van der Waals surface area contributed by atoms with Gasteiger partial charge in [0.05, 0.1) is 27.7 Å². The Labute approximate surface area is 529 Å². The molecule has 0 aliphatic heterocycles. The van der Waals surface area contributed by atoms with Crippen molar-refractivity contribution >= 4 is 19.8 Å². The van der Waals surface area contributed by atoms with Gasteiger partial charge in [0, 0.05) is 12.8 Å². The molecule has 0 spiro atoms. The van der Waals surface area contributed by atoms with E-state index in [0.29, 0.717) is 23.9 Å². The van der Waals surface area contributed by atoms with Crippen LogP contribution in [0.25, 0.3) is 0 Å². The zero-order chi connectivity index (χ0) is 61.9. The molecular weight excluding hydrogens is 1070 g/mol. The van der Waals surface area contributed by atoms with Crippen LogP contribution in [0.15, 0.2) is 36.5 Å². The summed E-state index contributed by atoms with van der Waals surface area (Å²) in [5.74, 6) is -0.782. The highest BCUT2D eigenvalue weighted by atomic mass is 31.2. The molecule has 2 unspecified atom stereocenters. The molecule has 0 amide bonds. The molecule has 0 saturated carbocycles. The van der Waals surface area contributed by atoms with Crippen molar-refractivity contribution in [2.75, 3.05) is 47.5 Å². The van der Waals surface area contributed by atoms with Crippen molar-refractivity contribution in [3.63, 3.8) is 0 Å². The minimum Gasteiger partial charge on any atom is -0.462 e. The van der Waals surface area contributed by atoms with Crippen LogP contribution >= 0.6 is 7.82 Å². The number of esters is 2. The number of hydrogen-bond donors (Lipinski definition) is 1. The van der Waals surface area contributed by atoms with Crippen LogP contribution in [-0.2, 0) is 32.7 Å². The average molecular weight is 1220 g/mol. The van der Waals surface area contributed by atoms with Crippen LogP contribution in [-0.4, -0.2) is 74.9 Å². The second-order valence-electron chi connectivity index (χ2n) is 26.7. The van der Waals surface area contributed by atoms with Gasteiger partial charge in [-0.3, -0.25) is 18.6 Å². The van der Waals surface area contributed by atoms with E-state index in [1.807, 2.05) is 21.1 Å². The van der Waals surface area contributed by atoms with Crippen LogP contribution in [0.4, 0.5) is 0 Å². The summed E-state index contributed by atoms with van der Waals surface area (Å²) in [6, 6.07) is 0. The van der Waals surface area contributed by atoms with Crippen LogP contribution in [0.1, 0.15) is 380 Å². The number of ether oxygens (including phenoxy) is 2. The van der Waals surface area contributed by atoms with Gasteiger partial charge in [-0.15, -0.1) is 0 Å². The van der Waals surface area contributed by atoms with Crippen molar-refractivity contribution in [1.82, 2.24) is 0 Å². The van der Waals surface area contributed by atoms with E-state index in [4.69, 9.17) is 18.5 Å². The van der Waals surface area contributed by atoms with Crippen molar-refractivity contribution in [2.24, 2.45) is 0 Å². The highest BCUT2D eigenvalue weighted by Gasteiger charge is 2.27. The fourth-order valence-electron chi connectivity index (χ4n) is 11.2. The summed E-state index contributed by atoms with van der Waals surface area (Å²) in [7, 11) is 1.49. The summed E-state index contributed by atoms with van der Waals surface area (Å²) in [6.07, 6.45) is 85.6. The fraction of sp³-hybridized carbons (Fsp3) is 0.893. The van der Waals surface area contributed by atoms with Gasteiger partial charge in [0.15, 0.2) is 6.10 Å². The monoisotopic (exact) mass is 1220 g/mol. The summed E-state index contributed by atoms with van der Waals surface area (Å²) in [4.78, 5) is 35.9. The summed E-state index contributed by atoms with van der Waals surface area (Å²) in [5, 5.41) is 0. The fourth-order valence-corrected chi connectivity index (χ4v) is 11.9. The van der Waals surface area contributed by atoms with Crippen molar-refractivity contribution in [3.05, 3.63) is 36.5 Å². The number of carbonyl (C=O) groups excluding carboxylic acids is 2. The first kappa shape index (κ1) is 83.2. The van der Waals surface area contributed by atoms with Crippen molar-refractivity contribution in [2.45, 2.75) is 386 Å². The van der Waals surface area contributed by atoms with E-state index in [0.717, 1.165) is 51.4 Å². The van der Waals surface area contributed by atoms with Crippen molar-refractivity contribution < 1.29 is 42.1 Å². The molecule has 2 atom stereocenters.